The van der Waals surface area contributed by atoms with Crippen molar-refractivity contribution in [2.45, 2.75) is 25.7 Å². The zero-order valence-corrected chi connectivity index (χ0v) is 8.41. The zero-order valence-electron chi connectivity index (χ0n) is 8.41. The fourth-order valence-corrected chi connectivity index (χ4v) is 0.956. The van der Waals surface area contributed by atoms with Gasteiger partial charge in [-0.25, -0.2) is 4.79 Å². The number of esters is 1. The molecule has 0 aliphatic heterocycles. The summed E-state index contributed by atoms with van der Waals surface area (Å²) in [5.41, 5.74) is 0. The van der Waals surface area contributed by atoms with E-state index in [4.69, 9.17) is 14.6 Å². The molecule has 0 aromatic heterocycles. The number of hydrogen-bond acceptors (Lipinski definition) is 4. The van der Waals surface area contributed by atoms with Crippen molar-refractivity contribution in [1.29, 1.82) is 0 Å². The molecular formula is C10H18O4. The first-order valence-corrected chi connectivity index (χ1v) is 4.79. The van der Waals surface area contributed by atoms with Gasteiger partial charge >= 0.3 is 5.97 Å². The van der Waals surface area contributed by atoms with Gasteiger partial charge in [-0.2, -0.15) is 0 Å². The molecule has 0 aliphatic rings. The number of aliphatic hydroxyl groups excluding tert-OH is 1. The third-order valence-corrected chi connectivity index (χ3v) is 1.69. The molecule has 14 heavy (non-hydrogen) atoms. The highest BCUT2D eigenvalue weighted by Gasteiger charge is 1.95. The maximum Gasteiger partial charge on any atom is 0.330 e. The second-order valence-corrected chi connectivity index (χ2v) is 2.82. The lowest BCUT2D eigenvalue weighted by Gasteiger charge is -2.02. The molecule has 0 bridgehead atoms. The van der Waals surface area contributed by atoms with Gasteiger partial charge in [0.25, 0.3) is 0 Å². The average Bonchev–Trinajstić information content (AvgIpc) is 2.21. The summed E-state index contributed by atoms with van der Waals surface area (Å²) in [7, 11) is 0. The maximum absolute atomic E-state index is 10.6. The van der Waals surface area contributed by atoms with Crippen molar-refractivity contribution < 1.29 is 19.4 Å². The predicted molar refractivity (Wildman–Crippen MR) is 52.7 cm³/mol. The molecule has 0 aromatic rings. The van der Waals surface area contributed by atoms with Crippen molar-refractivity contribution in [2.75, 3.05) is 20.0 Å². The number of carbonyl (C=O) groups excluding carboxylic acids is 1. The Morgan fingerprint density at radius 3 is 2.43 bits per heavy atom. The minimum atomic E-state index is -0.367. The molecule has 0 aliphatic carbocycles. The molecule has 4 nitrogen and oxygen atoms in total. The van der Waals surface area contributed by atoms with Crippen molar-refractivity contribution >= 4 is 5.97 Å². The average molecular weight is 202 g/mol. The van der Waals surface area contributed by atoms with E-state index in [1.807, 2.05) is 0 Å². The minimum absolute atomic E-state index is 0.211. The number of hydrogen-bond donors (Lipinski definition) is 1. The maximum atomic E-state index is 10.6. The van der Waals surface area contributed by atoms with E-state index >= 15 is 0 Å². The molecule has 0 unspecified atom stereocenters. The first kappa shape index (κ1) is 13.1. The fraction of sp³-hybridized carbons (Fsp3) is 0.700. The van der Waals surface area contributed by atoms with Crippen molar-refractivity contribution in [3.05, 3.63) is 12.7 Å². The Balaban J connectivity index is 2.99. The van der Waals surface area contributed by atoms with Crippen LogP contribution < -0.4 is 0 Å². The van der Waals surface area contributed by atoms with E-state index in [1.165, 1.54) is 0 Å². The number of unbranched alkanes of at least 4 members (excludes halogenated alkanes) is 3. The predicted octanol–water partition coefficient (Wildman–Crippen LogP) is 1.24. The molecule has 0 saturated heterocycles. The van der Waals surface area contributed by atoms with Crippen LogP contribution in [0.3, 0.4) is 0 Å². The first-order valence-electron chi connectivity index (χ1n) is 4.79. The molecule has 0 spiro atoms. The molecule has 1 N–H and O–H groups in total. The Morgan fingerprint density at radius 2 is 1.86 bits per heavy atom. The monoisotopic (exact) mass is 202 g/mol. The fourth-order valence-electron chi connectivity index (χ4n) is 0.956. The highest BCUT2D eigenvalue weighted by Crippen LogP contribution is 2.00. The lowest BCUT2D eigenvalue weighted by atomic mass is 10.2. The van der Waals surface area contributed by atoms with Crippen LogP contribution in [0.15, 0.2) is 12.7 Å². The van der Waals surface area contributed by atoms with Crippen molar-refractivity contribution in [3.63, 3.8) is 0 Å². The van der Waals surface area contributed by atoms with Crippen molar-refractivity contribution in [3.8, 4) is 0 Å². The van der Waals surface area contributed by atoms with Crippen LogP contribution in [0.4, 0.5) is 0 Å². The minimum Gasteiger partial charge on any atom is -0.463 e. The molecular weight excluding hydrogens is 184 g/mol. The zero-order chi connectivity index (χ0) is 10.6. The molecule has 82 valence electrons. The van der Waals surface area contributed by atoms with Crippen LogP contribution in [0.2, 0.25) is 0 Å². The summed E-state index contributed by atoms with van der Waals surface area (Å²) in [6.45, 7) is 4.12. The molecule has 0 atom stereocenters. The van der Waals surface area contributed by atoms with E-state index in [-0.39, 0.29) is 12.8 Å². The molecule has 0 fully saturated rings. The molecule has 0 aromatic carbocycles. The van der Waals surface area contributed by atoms with Gasteiger partial charge in [-0.3, -0.25) is 0 Å². The molecule has 0 saturated carbocycles. The van der Waals surface area contributed by atoms with Gasteiger partial charge < -0.3 is 14.6 Å². The largest absolute Gasteiger partial charge is 0.463 e. The van der Waals surface area contributed by atoms with Gasteiger partial charge in [0.2, 0.25) is 0 Å². The van der Waals surface area contributed by atoms with E-state index in [1.54, 1.807) is 0 Å². The Kier molecular flexibility index (Phi) is 9.58. The number of rotatable bonds is 9. The second-order valence-electron chi connectivity index (χ2n) is 2.82. The van der Waals surface area contributed by atoms with E-state index in [2.05, 4.69) is 6.58 Å². The van der Waals surface area contributed by atoms with Crippen LogP contribution in [0, 0.1) is 0 Å². The molecule has 0 heterocycles. The van der Waals surface area contributed by atoms with Crippen LogP contribution in [0.1, 0.15) is 25.7 Å². The summed E-state index contributed by atoms with van der Waals surface area (Å²) in [4.78, 5) is 10.6. The van der Waals surface area contributed by atoms with Crippen molar-refractivity contribution in [1.82, 2.24) is 0 Å². The van der Waals surface area contributed by atoms with Crippen LogP contribution in [-0.2, 0) is 14.3 Å². The molecule has 0 rings (SSSR count). The summed E-state index contributed by atoms with van der Waals surface area (Å²) < 4.78 is 9.54. The third kappa shape index (κ3) is 9.22. The summed E-state index contributed by atoms with van der Waals surface area (Å²) >= 11 is 0. The summed E-state index contributed by atoms with van der Waals surface area (Å²) in [6, 6.07) is 0. The molecule has 0 amide bonds. The van der Waals surface area contributed by atoms with Gasteiger partial charge in [-0.15, -0.1) is 0 Å². The Labute approximate surface area is 84.5 Å². The highest BCUT2D eigenvalue weighted by atomic mass is 16.6. The van der Waals surface area contributed by atoms with Crippen LogP contribution in [0.5, 0.6) is 0 Å². The topological polar surface area (TPSA) is 55.8 Å². The van der Waals surface area contributed by atoms with Gasteiger partial charge in [-0.05, 0) is 19.3 Å². The summed E-state index contributed by atoms with van der Waals surface area (Å²) in [6.07, 6.45) is 4.97. The smallest absolute Gasteiger partial charge is 0.330 e. The van der Waals surface area contributed by atoms with E-state index in [9.17, 15) is 4.79 Å². The lowest BCUT2D eigenvalue weighted by Crippen LogP contribution is -2.02. The van der Waals surface area contributed by atoms with Gasteiger partial charge in [0.1, 0.15) is 6.79 Å². The van der Waals surface area contributed by atoms with Crippen LogP contribution in [0.25, 0.3) is 0 Å². The van der Waals surface area contributed by atoms with Crippen LogP contribution >= 0.6 is 0 Å². The normalized spacial score (nSPS) is 9.79. The Morgan fingerprint density at radius 1 is 1.21 bits per heavy atom. The SMILES string of the molecule is C=CC(=O)OCCCCCCOCO. The lowest BCUT2D eigenvalue weighted by molar-refractivity contribution is -0.137. The van der Waals surface area contributed by atoms with E-state index < -0.39 is 0 Å². The van der Waals surface area contributed by atoms with Crippen molar-refractivity contribution in [2.24, 2.45) is 0 Å². The van der Waals surface area contributed by atoms with Crippen LogP contribution in [-0.4, -0.2) is 31.1 Å². The van der Waals surface area contributed by atoms with Gasteiger partial charge in [0.15, 0.2) is 0 Å². The number of ether oxygens (including phenoxy) is 2. The van der Waals surface area contributed by atoms with Gasteiger partial charge in [0, 0.05) is 12.7 Å². The quantitative estimate of drug-likeness (QED) is 0.264. The number of aliphatic hydroxyl groups is 1. The summed E-state index contributed by atoms with van der Waals surface area (Å²) in [5.74, 6) is -0.367. The Bertz CT molecular complexity index is 156. The highest BCUT2D eigenvalue weighted by molar-refractivity contribution is 5.81. The van der Waals surface area contributed by atoms with Gasteiger partial charge in [-0.1, -0.05) is 13.0 Å². The van der Waals surface area contributed by atoms with E-state index in [0.29, 0.717) is 13.2 Å². The number of carbonyl (C=O) groups is 1. The Hall–Kier alpha value is -0.870. The second kappa shape index (κ2) is 10.2. The van der Waals surface area contributed by atoms with Gasteiger partial charge in [0.05, 0.1) is 6.61 Å². The third-order valence-electron chi connectivity index (χ3n) is 1.69. The summed E-state index contributed by atoms with van der Waals surface area (Å²) in [5, 5.41) is 8.31. The molecule has 4 heteroatoms. The molecule has 0 radical (unpaired) electrons. The van der Waals surface area contributed by atoms with E-state index in [0.717, 1.165) is 31.8 Å². The standard InChI is InChI=1S/C10H18O4/c1-2-10(12)14-8-6-4-3-5-7-13-9-11/h2,11H,1,3-9H2. The first-order chi connectivity index (χ1) is 6.81.